The molecule has 626 valence electrons. The molecule has 0 spiro atoms. The van der Waals surface area contributed by atoms with Gasteiger partial charge in [0, 0.05) is 72.3 Å². The molecular weight excluding hydrogens is 1590 g/mol. The van der Waals surface area contributed by atoms with Crippen molar-refractivity contribution in [1.82, 2.24) is 79.4 Å². The summed E-state index contributed by atoms with van der Waals surface area (Å²) < 4.78 is 144. The van der Waals surface area contributed by atoms with Crippen LogP contribution in [0, 0.1) is 61.3 Å². The van der Waals surface area contributed by atoms with Crippen molar-refractivity contribution in [3.63, 3.8) is 0 Å². The number of imidazole rings is 4. The lowest BCUT2D eigenvalue weighted by Crippen LogP contribution is -2.32. The first-order chi connectivity index (χ1) is 56.5. The van der Waals surface area contributed by atoms with Crippen LogP contribution in [0.1, 0.15) is 161 Å². The number of ether oxygens (including phenoxy) is 1. The fourth-order valence-corrected chi connectivity index (χ4v) is 22.3. The minimum atomic E-state index is -3.78. The molecule has 0 unspecified atom stereocenters. The molecule has 5 aliphatic rings. The van der Waals surface area contributed by atoms with E-state index < -0.39 is 40.1 Å². The van der Waals surface area contributed by atoms with E-state index in [1.807, 2.05) is 103 Å². The van der Waals surface area contributed by atoms with Gasteiger partial charge in [0.15, 0.2) is 5.95 Å². The Morgan fingerprint density at radius 2 is 0.703 bits per heavy atom. The number of methoxy groups -OCH3 is 1. The number of aryl methyl sites for hydroxylation is 8. The van der Waals surface area contributed by atoms with Crippen LogP contribution in [-0.2, 0) is 44.8 Å². The van der Waals surface area contributed by atoms with Crippen molar-refractivity contribution in [3.05, 3.63) is 125 Å². The Morgan fingerprint density at radius 1 is 0.398 bits per heavy atom. The maximum atomic E-state index is 13.4. The van der Waals surface area contributed by atoms with E-state index in [-0.39, 0.29) is 49.7 Å². The molecule has 5 saturated carbocycles. The van der Waals surface area contributed by atoms with Gasteiger partial charge in [-0.1, -0.05) is 90.2 Å². The third kappa shape index (κ3) is 18.4. The minimum absolute atomic E-state index is 0.0147. The van der Waals surface area contributed by atoms with Crippen molar-refractivity contribution >= 4 is 114 Å². The lowest BCUT2D eigenvalue weighted by Gasteiger charge is -2.14. The standard InChI is InChI=1S/C23H25N5O3S.C21H27N5O3S.C20H27N5O4S.C17H21N5O3S/c1-14-21(15(2)31-27-14)16-12-19-22(26-23(25-19)24-17-8-4-3-5-9-17)20(13-16)32(29,30)28-18-10-6-7-11-18;1-12-19(13(2)29-25-12)15-9-17-20(24-21(23-17)22-11-14-7-8-14)18(10-15)30(27,28)26-16-5-3-4-6-16;1-12-18(13(2)29-24-12)14-10-16-19(23-20(22-16)21-8-9-28-3)17(11-14)30(26,27)25-15-6-4-5-7-15;1-9-15(10(2)25-21-9)11-7-13-16(20-17(18)19-13)14(8-11)26(23,24)22-12-5-3-4-6-12/h3-5,8-9,12-13,18,28H,6-7,10-11H2,1-2H3,(H2,24,25,26);9-10,14,16,26H,3-8,11H2,1-2H3,(H2,22,23,24);10-11,15,25H,4-9H2,1-3H3,(H2,21,22,23);7-8,12,22H,3-6H2,1-2H3,(H3,18,19,20). The van der Waals surface area contributed by atoms with E-state index in [9.17, 15) is 33.7 Å². The summed E-state index contributed by atoms with van der Waals surface area (Å²) in [6.45, 7) is 16.5. The number of sulfonamides is 4. The van der Waals surface area contributed by atoms with Crippen LogP contribution in [0.25, 0.3) is 88.6 Å². The molecule has 37 heteroatoms. The summed E-state index contributed by atoms with van der Waals surface area (Å²) >= 11 is 0. The van der Waals surface area contributed by atoms with E-state index in [1.54, 1.807) is 38.3 Å². The number of nitrogen functional groups attached to an aromatic ring is 1. The minimum Gasteiger partial charge on any atom is -0.383 e. The highest BCUT2D eigenvalue weighted by atomic mass is 32.2. The summed E-state index contributed by atoms with van der Waals surface area (Å²) in [4.78, 5) is 31.1. The van der Waals surface area contributed by atoms with Gasteiger partial charge in [-0.2, -0.15) is 0 Å². The fraction of sp³-hybridized carbons (Fsp3) is 0.432. The van der Waals surface area contributed by atoms with Crippen molar-refractivity contribution in [2.75, 3.05) is 48.5 Å². The highest BCUT2D eigenvalue weighted by Gasteiger charge is 2.34. The van der Waals surface area contributed by atoms with Gasteiger partial charge in [0.2, 0.25) is 57.9 Å². The van der Waals surface area contributed by atoms with E-state index >= 15 is 0 Å². The number of H-pyrrole nitrogens is 4. The molecule has 8 heterocycles. The number of fused-ring (bicyclic) bond motifs is 4. The molecular formula is C81H100N20O13S4. The third-order valence-electron chi connectivity index (χ3n) is 22.3. The van der Waals surface area contributed by atoms with Crippen molar-refractivity contribution in [2.24, 2.45) is 5.92 Å². The van der Waals surface area contributed by atoms with Crippen molar-refractivity contribution in [3.8, 4) is 44.5 Å². The van der Waals surface area contributed by atoms with Gasteiger partial charge in [0.25, 0.3) is 0 Å². The van der Waals surface area contributed by atoms with Crippen molar-refractivity contribution in [1.29, 1.82) is 0 Å². The molecule has 0 bridgehead atoms. The first-order valence-corrected chi connectivity index (χ1v) is 46.0. The van der Waals surface area contributed by atoms with Crippen LogP contribution in [0.15, 0.2) is 117 Å². The smallest absolute Gasteiger partial charge is 0.243 e. The van der Waals surface area contributed by atoms with Crippen LogP contribution in [0.4, 0.5) is 29.5 Å². The largest absolute Gasteiger partial charge is 0.383 e. The summed E-state index contributed by atoms with van der Waals surface area (Å²) in [6, 6.07) is 23.6. The number of hydrogen-bond acceptors (Lipinski definition) is 25. The number of benzene rings is 5. The Balaban J connectivity index is 0.000000123. The zero-order chi connectivity index (χ0) is 83.0. The molecule has 118 heavy (non-hydrogen) atoms. The second-order valence-corrected chi connectivity index (χ2v) is 38.0. The van der Waals surface area contributed by atoms with Crippen LogP contribution >= 0.6 is 0 Å². The maximum Gasteiger partial charge on any atom is 0.243 e. The first kappa shape index (κ1) is 82.7. The number of hydrogen-bond donors (Lipinski definition) is 12. The number of nitrogens with two attached hydrogens (primary N) is 1. The van der Waals surface area contributed by atoms with E-state index in [4.69, 9.17) is 28.6 Å². The Hall–Kier alpha value is -10.4. The van der Waals surface area contributed by atoms with Crippen molar-refractivity contribution < 1.29 is 56.5 Å². The number of aromatic nitrogens is 12. The molecule has 5 fully saturated rings. The van der Waals surface area contributed by atoms with Crippen LogP contribution in [0.2, 0.25) is 0 Å². The van der Waals surface area contributed by atoms with Gasteiger partial charge >= 0.3 is 0 Å². The molecule has 5 aliphatic carbocycles. The summed E-state index contributed by atoms with van der Waals surface area (Å²) in [5.41, 5.74) is 19.6. The van der Waals surface area contributed by atoms with Gasteiger partial charge in [-0.25, -0.2) is 72.5 Å². The molecule has 33 nitrogen and oxygen atoms in total. The number of nitrogens with zero attached hydrogens (tertiary/aromatic N) is 8. The van der Waals surface area contributed by atoms with Crippen LogP contribution in [0.5, 0.6) is 0 Å². The lowest BCUT2D eigenvalue weighted by atomic mass is 10.0. The monoisotopic (exact) mass is 1690 g/mol. The predicted molar refractivity (Wildman–Crippen MR) is 450 cm³/mol. The Labute approximate surface area is 683 Å². The predicted octanol–water partition coefficient (Wildman–Crippen LogP) is 14.4. The van der Waals surface area contributed by atoms with Gasteiger partial charge in [0.1, 0.15) is 64.7 Å². The molecule has 13 N–H and O–H groups in total. The highest BCUT2D eigenvalue weighted by Crippen LogP contribution is 2.41. The number of para-hydroxylation sites is 1. The number of anilines is 5. The maximum absolute atomic E-state index is 13.4. The van der Waals surface area contributed by atoms with Gasteiger partial charge in [-0.3, -0.25) is 0 Å². The van der Waals surface area contributed by atoms with E-state index in [1.165, 1.54) is 12.8 Å². The lowest BCUT2D eigenvalue weighted by molar-refractivity contribution is 0.210. The van der Waals surface area contributed by atoms with Crippen LogP contribution in [0.3, 0.4) is 0 Å². The third-order valence-corrected chi connectivity index (χ3v) is 28.4. The Kier molecular flexibility index (Phi) is 24.2. The van der Waals surface area contributed by atoms with Gasteiger partial charge < -0.3 is 64.4 Å². The fourth-order valence-electron chi connectivity index (χ4n) is 16.4. The molecule has 0 atom stereocenters. The Bertz CT molecular complexity index is 6220. The molecule has 5 aromatic carbocycles. The van der Waals surface area contributed by atoms with E-state index in [0.29, 0.717) is 127 Å². The SMILES string of the molecule is COCCNc1nc2c(S(=O)(=O)NC3CCCC3)cc(-c3c(C)noc3C)cc2[nH]1.Cc1noc(C)c1-c1cc(S(=O)(=O)NC2CCCC2)c2nc(N)[nH]c2c1.Cc1noc(C)c1-c1cc(S(=O)(=O)NC2CCCC2)c2nc(NCC3CC3)[nH]c2c1.Cc1noc(C)c1-c1cc(S(=O)(=O)NC2CCCC2)c2nc(Nc3ccccc3)[nH]c2c1. The zero-order valence-electron chi connectivity index (χ0n) is 67.3. The average Bonchev–Trinajstić information content (AvgIpc) is 1.01. The van der Waals surface area contributed by atoms with E-state index in [2.05, 4.69) is 95.3 Å². The average molecular weight is 1690 g/mol. The van der Waals surface area contributed by atoms with Gasteiger partial charge in [-0.05, 0) is 208 Å². The molecule has 0 amide bonds. The second kappa shape index (κ2) is 34.5. The number of rotatable bonds is 25. The molecule has 8 aromatic heterocycles. The zero-order valence-corrected chi connectivity index (χ0v) is 70.6. The molecule has 0 aliphatic heterocycles. The summed E-state index contributed by atoms with van der Waals surface area (Å²) in [5, 5.41) is 25.7. The highest BCUT2D eigenvalue weighted by molar-refractivity contribution is 7.90. The number of aromatic amines is 4. The van der Waals surface area contributed by atoms with Crippen LogP contribution < -0.4 is 40.6 Å². The topological polar surface area (TPSA) is 475 Å². The summed E-state index contributed by atoms with van der Waals surface area (Å²) in [7, 11) is -13.4. The quantitative estimate of drug-likeness (QED) is 0.0236. The Morgan fingerprint density at radius 3 is 1.02 bits per heavy atom. The molecule has 18 rings (SSSR count). The first-order valence-electron chi connectivity index (χ1n) is 40.1. The van der Waals surface area contributed by atoms with Gasteiger partial charge in [0.05, 0.1) is 51.4 Å². The van der Waals surface area contributed by atoms with Crippen LogP contribution in [-0.4, -0.2) is 145 Å². The van der Waals surface area contributed by atoms with Gasteiger partial charge in [-0.15, -0.1) is 0 Å². The summed E-state index contributed by atoms with van der Waals surface area (Å²) in [6.07, 6.45) is 17.7. The normalized spacial score (nSPS) is 16.0. The number of nitrogens with one attached hydrogen (secondary N) is 11. The molecule has 0 radical (unpaired) electrons. The molecule has 13 aromatic rings. The van der Waals surface area contributed by atoms with Crippen molar-refractivity contribution in [2.45, 2.75) is 215 Å². The summed E-state index contributed by atoms with van der Waals surface area (Å²) in [5.74, 6) is 4.98. The van der Waals surface area contributed by atoms with E-state index in [0.717, 1.165) is 160 Å². The molecule has 0 saturated heterocycles. The second-order valence-electron chi connectivity index (χ2n) is 31.3.